The van der Waals surface area contributed by atoms with Crippen molar-refractivity contribution in [2.75, 3.05) is 0 Å². The van der Waals surface area contributed by atoms with Crippen molar-refractivity contribution in [3.8, 4) is 0 Å². The lowest BCUT2D eigenvalue weighted by Gasteiger charge is -2.53. The molecule has 1 heterocycles. The van der Waals surface area contributed by atoms with E-state index in [-0.39, 0.29) is 17.9 Å². The Bertz CT molecular complexity index is 436. The monoisotopic (exact) mass is 278 g/mol. The Hall–Kier alpha value is -1.06. The molecular formula is C16H26N2O2. The third-order valence-electron chi connectivity index (χ3n) is 5.45. The molecule has 0 aromatic rings. The van der Waals surface area contributed by atoms with Crippen molar-refractivity contribution in [3.63, 3.8) is 0 Å². The predicted octanol–water partition coefficient (Wildman–Crippen LogP) is 2.22. The van der Waals surface area contributed by atoms with E-state index in [1.54, 1.807) is 0 Å². The van der Waals surface area contributed by atoms with Gasteiger partial charge in [-0.05, 0) is 52.4 Å². The molecule has 0 bridgehead atoms. The molecule has 0 spiro atoms. The number of rotatable bonds is 2. The summed E-state index contributed by atoms with van der Waals surface area (Å²) in [5.41, 5.74) is -1.38. The highest BCUT2D eigenvalue weighted by atomic mass is 16.2. The van der Waals surface area contributed by atoms with Crippen LogP contribution in [0.15, 0.2) is 0 Å². The maximum absolute atomic E-state index is 13.0. The van der Waals surface area contributed by atoms with Gasteiger partial charge in [0, 0.05) is 6.04 Å². The molecule has 4 heteroatoms. The Morgan fingerprint density at radius 1 is 1.00 bits per heavy atom. The summed E-state index contributed by atoms with van der Waals surface area (Å²) < 4.78 is 0. The summed E-state index contributed by atoms with van der Waals surface area (Å²) in [6, 6.07) is 0.257. The third-order valence-corrected chi connectivity index (χ3v) is 5.45. The van der Waals surface area contributed by atoms with Gasteiger partial charge in [-0.3, -0.25) is 9.59 Å². The fourth-order valence-corrected chi connectivity index (χ4v) is 4.00. The van der Waals surface area contributed by atoms with Crippen LogP contribution in [0.25, 0.3) is 0 Å². The standard InChI is InChI=1S/C16H26N2O2/c1-15(2)14(20)18(12-7-5-4-6-8-12)16(3,11-9-10-11)13(19)17-15/h11-12H,4-10H2,1-3H3,(H,17,19). The van der Waals surface area contributed by atoms with Gasteiger partial charge in [-0.25, -0.2) is 0 Å². The zero-order chi connectivity index (χ0) is 14.5. The van der Waals surface area contributed by atoms with Gasteiger partial charge >= 0.3 is 0 Å². The average molecular weight is 278 g/mol. The molecule has 1 atom stereocenters. The van der Waals surface area contributed by atoms with Gasteiger partial charge < -0.3 is 10.2 Å². The second kappa shape index (κ2) is 4.47. The van der Waals surface area contributed by atoms with E-state index in [0.717, 1.165) is 25.7 Å². The lowest BCUT2D eigenvalue weighted by atomic mass is 9.80. The molecule has 0 aromatic heterocycles. The number of carbonyl (C=O) groups is 2. The van der Waals surface area contributed by atoms with Crippen molar-refractivity contribution in [2.24, 2.45) is 5.92 Å². The van der Waals surface area contributed by atoms with Crippen molar-refractivity contribution in [3.05, 3.63) is 0 Å². The molecule has 112 valence electrons. The topological polar surface area (TPSA) is 49.4 Å². The molecule has 3 fully saturated rings. The predicted molar refractivity (Wildman–Crippen MR) is 77.1 cm³/mol. The number of piperazine rings is 1. The van der Waals surface area contributed by atoms with E-state index in [1.165, 1.54) is 19.3 Å². The summed E-state index contributed by atoms with van der Waals surface area (Å²) in [6.07, 6.45) is 7.86. The van der Waals surface area contributed by atoms with Crippen molar-refractivity contribution in [1.29, 1.82) is 0 Å². The Kier molecular flexibility index (Phi) is 3.11. The number of carbonyl (C=O) groups excluding carboxylic acids is 2. The fraction of sp³-hybridized carbons (Fsp3) is 0.875. The highest BCUT2D eigenvalue weighted by Gasteiger charge is 2.60. The SMILES string of the molecule is CC1(C)NC(=O)C(C)(C2CC2)N(C2CCCCC2)C1=O. The minimum absolute atomic E-state index is 0.0511. The van der Waals surface area contributed by atoms with Gasteiger partial charge in [0.25, 0.3) is 0 Å². The molecule has 3 rings (SSSR count). The van der Waals surface area contributed by atoms with Gasteiger partial charge in [0.1, 0.15) is 11.1 Å². The molecule has 3 aliphatic rings. The van der Waals surface area contributed by atoms with Crippen LogP contribution in [0.4, 0.5) is 0 Å². The molecule has 2 aliphatic carbocycles. The number of hydrogen-bond donors (Lipinski definition) is 1. The molecule has 2 saturated carbocycles. The van der Waals surface area contributed by atoms with Gasteiger partial charge in [-0.2, -0.15) is 0 Å². The highest BCUT2D eigenvalue weighted by molar-refractivity contribution is 6.02. The molecule has 1 saturated heterocycles. The first kappa shape index (κ1) is 13.9. The zero-order valence-corrected chi connectivity index (χ0v) is 12.9. The number of amides is 2. The van der Waals surface area contributed by atoms with Crippen LogP contribution < -0.4 is 5.32 Å². The lowest BCUT2D eigenvalue weighted by molar-refractivity contribution is -0.167. The zero-order valence-electron chi connectivity index (χ0n) is 12.9. The summed E-state index contributed by atoms with van der Waals surface area (Å²) in [5.74, 6) is 0.512. The van der Waals surface area contributed by atoms with Crippen LogP contribution >= 0.6 is 0 Å². The Labute approximate surface area is 121 Å². The van der Waals surface area contributed by atoms with E-state index in [0.29, 0.717) is 5.92 Å². The first-order chi connectivity index (χ1) is 9.37. The first-order valence-corrected chi connectivity index (χ1v) is 8.04. The van der Waals surface area contributed by atoms with E-state index in [9.17, 15) is 9.59 Å². The lowest BCUT2D eigenvalue weighted by Crippen LogP contribution is -2.75. The fourth-order valence-electron chi connectivity index (χ4n) is 4.00. The Balaban J connectivity index is 1.98. The molecule has 0 radical (unpaired) electrons. The number of hydrogen-bond acceptors (Lipinski definition) is 2. The maximum Gasteiger partial charge on any atom is 0.248 e. The van der Waals surface area contributed by atoms with Crippen LogP contribution in [-0.4, -0.2) is 33.8 Å². The average Bonchev–Trinajstić information content (AvgIpc) is 3.22. The third kappa shape index (κ3) is 1.95. The van der Waals surface area contributed by atoms with E-state index < -0.39 is 11.1 Å². The van der Waals surface area contributed by atoms with E-state index in [4.69, 9.17) is 0 Å². The molecule has 20 heavy (non-hydrogen) atoms. The van der Waals surface area contributed by atoms with Gasteiger partial charge in [-0.1, -0.05) is 19.3 Å². The molecular weight excluding hydrogens is 252 g/mol. The number of nitrogens with zero attached hydrogens (tertiary/aromatic N) is 1. The summed E-state index contributed by atoms with van der Waals surface area (Å²) in [5, 5.41) is 2.96. The van der Waals surface area contributed by atoms with Gasteiger partial charge in [0.2, 0.25) is 11.8 Å². The summed E-state index contributed by atoms with van der Waals surface area (Å²) in [4.78, 5) is 27.6. The van der Waals surface area contributed by atoms with Crippen molar-refractivity contribution >= 4 is 11.8 Å². The first-order valence-electron chi connectivity index (χ1n) is 8.04. The van der Waals surface area contributed by atoms with Crippen LogP contribution in [0, 0.1) is 5.92 Å². The summed E-state index contributed by atoms with van der Waals surface area (Å²) in [7, 11) is 0. The quantitative estimate of drug-likeness (QED) is 0.842. The molecule has 1 unspecified atom stereocenters. The number of nitrogens with one attached hydrogen (secondary N) is 1. The molecule has 0 aromatic carbocycles. The van der Waals surface area contributed by atoms with Crippen molar-refractivity contribution in [2.45, 2.75) is 82.8 Å². The summed E-state index contributed by atoms with van der Waals surface area (Å²) >= 11 is 0. The van der Waals surface area contributed by atoms with Crippen LogP contribution in [0.5, 0.6) is 0 Å². The van der Waals surface area contributed by atoms with Gasteiger partial charge in [0.15, 0.2) is 0 Å². The van der Waals surface area contributed by atoms with E-state index in [1.807, 2.05) is 25.7 Å². The van der Waals surface area contributed by atoms with Crippen molar-refractivity contribution < 1.29 is 9.59 Å². The highest BCUT2D eigenvalue weighted by Crippen LogP contribution is 2.47. The maximum atomic E-state index is 13.0. The van der Waals surface area contributed by atoms with Crippen molar-refractivity contribution in [1.82, 2.24) is 10.2 Å². The van der Waals surface area contributed by atoms with Crippen LogP contribution in [0.1, 0.15) is 65.7 Å². The second-order valence-corrected chi connectivity index (χ2v) is 7.47. The Morgan fingerprint density at radius 3 is 2.15 bits per heavy atom. The van der Waals surface area contributed by atoms with E-state index in [2.05, 4.69) is 5.32 Å². The van der Waals surface area contributed by atoms with E-state index >= 15 is 0 Å². The van der Waals surface area contributed by atoms with Crippen LogP contribution in [0.3, 0.4) is 0 Å². The van der Waals surface area contributed by atoms with Crippen LogP contribution in [-0.2, 0) is 9.59 Å². The smallest absolute Gasteiger partial charge is 0.248 e. The van der Waals surface area contributed by atoms with Gasteiger partial charge in [0.05, 0.1) is 0 Å². The Morgan fingerprint density at radius 2 is 1.60 bits per heavy atom. The molecule has 1 N–H and O–H groups in total. The largest absolute Gasteiger partial charge is 0.340 e. The summed E-state index contributed by atoms with van der Waals surface area (Å²) in [6.45, 7) is 5.65. The molecule has 1 aliphatic heterocycles. The molecule has 2 amide bonds. The van der Waals surface area contributed by atoms with Gasteiger partial charge in [-0.15, -0.1) is 0 Å². The molecule has 4 nitrogen and oxygen atoms in total. The minimum Gasteiger partial charge on any atom is -0.340 e. The minimum atomic E-state index is -0.761. The normalized spacial score (nSPS) is 35.0. The second-order valence-electron chi connectivity index (χ2n) is 7.47. The van der Waals surface area contributed by atoms with Crippen LogP contribution in [0.2, 0.25) is 0 Å².